The molecule has 0 spiro atoms. The van der Waals surface area contributed by atoms with E-state index in [1.807, 2.05) is 0 Å². The Balaban J connectivity index is 1.13. The predicted octanol–water partition coefficient (Wildman–Crippen LogP) is 13.6. The van der Waals surface area contributed by atoms with E-state index in [2.05, 4.69) is 200 Å². The van der Waals surface area contributed by atoms with Gasteiger partial charge in [0.15, 0.2) is 0 Å². The summed E-state index contributed by atoms with van der Waals surface area (Å²) in [7, 11) is 0. The first-order valence-corrected chi connectivity index (χ1v) is 18.7. The summed E-state index contributed by atoms with van der Waals surface area (Å²) in [6.45, 7) is 4.81. The van der Waals surface area contributed by atoms with Gasteiger partial charge in [-0.15, -0.1) is 0 Å². The molecule has 0 fully saturated rings. The second kappa shape index (κ2) is 11.3. The molecule has 250 valence electrons. The van der Waals surface area contributed by atoms with Gasteiger partial charge in [-0.1, -0.05) is 159 Å². The lowest BCUT2D eigenvalue weighted by Crippen LogP contribution is -2.15. The van der Waals surface area contributed by atoms with Crippen LogP contribution in [-0.2, 0) is 5.41 Å². The van der Waals surface area contributed by atoms with Crippen LogP contribution in [-0.4, -0.2) is 4.57 Å². The van der Waals surface area contributed by atoms with E-state index in [0.717, 1.165) is 0 Å². The van der Waals surface area contributed by atoms with Crippen LogP contribution in [0.3, 0.4) is 0 Å². The van der Waals surface area contributed by atoms with Crippen LogP contribution in [0, 0.1) is 0 Å². The molecule has 0 radical (unpaired) electrons. The molecule has 11 rings (SSSR count). The molecule has 9 aromatic rings. The fraction of sp³-hybridized carbons (Fsp3) is 0.0769. The van der Waals surface area contributed by atoms with Crippen molar-refractivity contribution < 1.29 is 0 Å². The van der Waals surface area contributed by atoms with Crippen LogP contribution in [0.5, 0.6) is 0 Å². The Labute approximate surface area is 310 Å². The Morgan fingerprint density at radius 3 is 1.85 bits per heavy atom. The second-order valence-corrected chi connectivity index (χ2v) is 15.3. The molecule has 2 aliphatic rings. The van der Waals surface area contributed by atoms with Gasteiger partial charge in [0.05, 0.1) is 11.0 Å². The average molecular weight is 676 g/mol. The van der Waals surface area contributed by atoms with Crippen LogP contribution in [0.25, 0.3) is 72.0 Å². The minimum Gasteiger partial charge on any atom is -0.309 e. The highest BCUT2D eigenvalue weighted by Crippen LogP contribution is 2.54. The maximum absolute atomic E-state index is 2.48. The van der Waals surface area contributed by atoms with Crippen LogP contribution >= 0.6 is 0 Å². The summed E-state index contributed by atoms with van der Waals surface area (Å²) in [5, 5.41) is 2.65. The lowest BCUT2D eigenvalue weighted by molar-refractivity contribution is 0.666. The van der Waals surface area contributed by atoms with Gasteiger partial charge in [-0.25, -0.2) is 0 Å². The molecular formula is C52H37N. The van der Waals surface area contributed by atoms with Crippen LogP contribution in [0.1, 0.15) is 47.6 Å². The van der Waals surface area contributed by atoms with E-state index < -0.39 is 0 Å². The Bertz CT molecular complexity index is 2890. The molecule has 1 atom stereocenters. The van der Waals surface area contributed by atoms with Crippen molar-refractivity contribution in [3.63, 3.8) is 0 Å². The summed E-state index contributed by atoms with van der Waals surface area (Å²) in [6, 6.07) is 67.6. The monoisotopic (exact) mass is 675 g/mol. The zero-order valence-corrected chi connectivity index (χ0v) is 29.8. The quantitative estimate of drug-likeness (QED) is 0.175. The lowest BCUT2D eigenvalue weighted by atomic mass is 9.80. The molecule has 0 saturated carbocycles. The summed E-state index contributed by atoms with van der Waals surface area (Å²) >= 11 is 0. The standard InChI is InChI=1S/C52H37N/c1-52(2)46-20-12-11-18-40(46)43-28-30-48-50(51(43)52)45-32-37(24-29-47(45)53(48)38-25-21-34(22-26-38)33-13-5-3-6-14-33)36-23-27-42-44(31-36)39-17-9-10-19-41(39)49(42)35-15-7-4-8-16-35/h3-32,49H,1-2H3. The van der Waals surface area contributed by atoms with Crippen molar-refractivity contribution in [2.75, 3.05) is 0 Å². The SMILES string of the molecule is CC1(C)c2ccccc2-c2ccc3c(c21)c1cc(-c2ccc4c(c2)-c2ccccc2C4c2ccccc2)ccc1n3-c1ccc(-c2ccccc2)cc1. The molecule has 0 saturated heterocycles. The molecule has 2 aliphatic carbocycles. The first kappa shape index (κ1) is 30.2. The molecule has 8 aromatic carbocycles. The Hall–Kier alpha value is -6.44. The Morgan fingerprint density at radius 1 is 0.434 bits per heavy atom. The van der Waals surface area contributed by atoms with Crippen molar-refractivity contribution in [3.8, 4) is 50.2 Å². The van der Waals surface area contributed by atoms with Crippen molar-refractivity contribution in [3.05, 3.63) is 210 Å². The van der Waals surface area contributed by atoms with Gasteiger partial charge in [-0.3, -0.25) is 0 Å². The highest BCUT2D eigenvalue weighted by molar-refractivity contribution is 6.15. The smallest absolute Gasteiger partial charge is 0.0544 e. The van der Waals surface area contributed by atoms with E-state index in [-0.39, 0.29) is 11.3 Å². The summed E-state index contributed by atoms with van der Waals surface area (Å²) < 4.78 is 2.48. The summed E-state index contributed by atoms with van der Waals surface area (Å²) in [6.07, 6.45) is 0. The number of aromatic nitrogens is 1. The fourth-order valence-electron chi connectivity index (χ4n) is 9.66. The number of rotatable bonds is 4. The van der Waals surface area contributed by atoms with Crippen molar-refractivity contribution in [2.45, 2.75) is 25.2 Å². The van der Waals surface area contributed by atoms with Crippen molar-refractivity contribution in [1.82, 2.24) is 4.57 Å². The van der Waals surface area contributed by atoms with Crippen LogP contribution < -0.4 is 0 Å². The summed E-state index contributed by atoms with van der Waals surface area (Å²) in [4.78, 5) is 0. The van der Waals surface area contributed by atoms with Crippen molar-refractivity contribution >= 4 is 21.8 Å². The highest BCUT2D eigenvalue weighted by atomic mass is 15.0. The normalized spacial score (nSPS) is 14.9. The third-order valence-electron chi connectivity index (χ3n) is 12.1. The molecule has 1 heteroatoms. The number of nitrogens with zero attached hydrogens (tertiary/aromatic N) is 1. The Kier molecular flexibility index (Phi) is 6.43. The van der Waals surface area contributed by atoms with Gasteiger partial charge in [0.1, 0.15) is 0 Å². The average Bonchev–Trinajstić information content (AvgIpc) is 3.81. The molecule has 0 bridgehead atoms. The second-order valence-electron chi connectivity index (χ2n) is 15.3. The van der Waals surface area contributed by atoms with Crippen molar-refractivity contribution in [1.29, 1.82) is 0 Å². The first-order valence-electron chi connectivity index (χ1n) is 18.7. The van der Waals surface area contributed by atoms with E-state index >= 15 is 0 Å². The molecule has 1 nitrogen and oxygen atoms in total. The highest BCUT2D eigenvalue weighted by Gasteiger charge is 2.38. The molecule has 1 heterocycles. The van der Waals surface area contributed by atoms with E-state index in [0.29, 0.717) is 0 Å². The lowest BCUT2D eigenvalue weighted by Gasteiger charge is -2.22. The maximum Gasteiger partial charge on any atom is 0.0544 e. The number of fused-ring (bicyclic) bond motifs is 10. The Morgan fingerprint density at radius 2 is 1.04 bits per heavy atom. The summed E-state index contributed by atoms with van der Waals surface area (Å²) in [5.41, 5.74) is 20.8. The molecule has 1 aromatic heterocycles. The number of hydrogen-bond acceptors (Lipinski definition) is 0. The zero-order chi connectivity index (χ0) is 35.3. The largest absolute Gasteiger partial charge is 0.309 e. The van der Waals surface area contributed by atoms with E-state index in [4.69, 9.17) is 0 Å². The van der Waals surface area contributed by atoms with Gasteiger partial charge >= 0.3 is 0 Å². The molecule has 0 aliphatic heterocycles. The van der Waals surface area contributed by atoms with Crippen LogP contribution in [0.4, 0.5) is 0 Å². The molecule has 1 unspecified atom stereocenters. The fourth-order valence-corrected chi connectivity index (χ4v) is 9.66. The van der Waals surface area contributed by atoms with Gasteiger partial charge in [0.25, 0.3) is 0 Å². The van der Waals surface area contributed by atoms with E-state index in [1.54, 1.807) is 0 Å². The van der Waals surface area contributed by atoms with Crippen LogP contribution in [0.15, 0.2) is 182 Å². The molecule has 53 heavy (non-hydrogen) atoms. The number of hydrogen-bond donors (Lipinski definition) is 0. The van der Waals surface area contributed by atoms with Gasteiger partial charge < -0.3 is 4.57 Å². The van der Waals surface area contributed by atoms with E-state index in [1.165, 1.54) is 99.8 Å². The zero-order valence-electron chi connectivity index (χ0n) is 29.8. The topological polar surface area (TPSA) is 4.93 Å². The molecular weight excluding hydrogens is 639 g/mol. The van der Waals surface area contributed by atoms with E-state index in [9.17, 15) is 0 Å². The van der Waals surface area contributed by atoms with Crippen molar-refractivity contribution in [2.24, 2.45) is 0 Å². The summed E-state index contributed by atoms with van der Waals surface area (Å²) in [5.74, 6) is 0.247. The van der Waals surface area contributed by atoms with Gasteiger partial charge in [0.2, 0.25) is 0 Å². The van der Waals surface area contributed by atoms with Gasteiger partial charge in [-0.2, -0.15) is 0 Å². The maximum atomic E-state index is 2.48. The molecule has 0 N–H and O–H groups in total. The minimum atomic E-state index is -0.137. The minimum absolute atomic E-state index is 0.137. The first-order chi connectivity index (χ1) is 26.1. The third-order valence-corrected chi connectivity index (χ3v) is 12.1. The molecule has 0 amide bonds. The van der Waals surface area contributed by atoms with Crippen LogP contribution in [0.2, 0.25) is 0 Å². The predicted molar refractivity (Wildman–Crippen MR) is 222 cm³/mol. The van der Waals surface area contributed by atoms with Gasteiger partial charge in [0, 0.05) is 27.8 Å². The van der Waals surface area contributed by atoms with Gasteiger partial charge in [-0.05, 0) is 109 Å². The third kappa shape index (κ3) is 4.38. The number of benzene rings is 8.